The topological polar surface area (TPSA) is 89.8 Å². The van der Waals surface area contributed by atoms with Gasteiger partial charge in [-0.25, -0.2) is 0 Å². The van der Waals surface area contributed by atoms with Crippen LogP contribution in [0.2, 0.25) is 0 Å². The standard InChI is InChI=1S/C16H18N2O5/c1-9-14(11-8-10(21-2)5-6-12(11)23-9)16(20)18-17-15(19)13-4-3-7-22-13/h5-6,8,13H,3-4,7H2,1-2H3,(H,17,19)(H,18,20)/t13-/m1/s1. The molecule has 1 aliphatic heterocycles. The van der Waals surface area contributed by atoms with Gasteiger partial charge in [-0.15, -0.1) is 0 Å². The number of carbonyl (C=O) groups is 2. The van der Waals surface area contributed by atoms with Crippen LogP contribution < -0.4 is 15.6 Å². The number of hydrogen-bond donors (Lipinski definition) is 2. The predicted octanol–water partition coefficient (Wildman–Crippen LogP) is 1.69. The molecule has 122 valence electrons. The SMILES string of the molecule is COc1ccc2oc(C)c(C(=O)NNC(=O)[C@H]3CCCO3)c2c1. The fraction of sp³-hybridized carbons (Fsp3) is 0.375. The van der Waals surface area contributed by atoms with E-state index in [1.54, 1.807) is 32.2 Å². The Kier molecular flexibility index (Phi) is 4.20. The van der Waals surface area contributed by atoms with E-state index in [-0.39, 0.29) is 5.91 Å². The highest BCUT2D eigenvalue weighted by Crippen LogP contribution is 2.28. The van der Waals surface area contributed by atoms with E-state index >= 15 is 0 Å². The quantitative estimate of drug-likeness (QED) is 0.841. The highest BCUT2D eigenvalue weighted by Gasteiger charge is 2.25. The summed E-state index contributed by atoms with van der Waals surface area (Å²) >= 11 is 0. The minimum Gasteiger partial charge on any atom is -0.497 e. The molecule has 7 nitrogen and oxygen atoms in total. The van der Waals surface area contributed by atoms with Crippen LogP contribution in [0.15, 0.2) is 22.6 Å². The third-order valence-electron chi connectivity index (χ3n) is 3.82. The highest BCUT2D eigenvalue weighted by molar-refractivity contribution is 6.08. The molecular formula is C16H18N2O5. The van der Waals surface area contributed by atoms with E-state index in [1.807, 2.05) is 0 Å². The van der Waals surface area contributed by atoms with Gasteiger partial charge in [0.1, 0.15) is 23.2 Å². The Hall–Kier alpha value is -2.54. The Balaban J connectivity index is 1.77. The molecule has 0 bridgehead atoms. The van der Waals surface area contributed by atoms with Crippen molar-refractivity contribution in [1.29, 1.82) is 0 Å². The van der Waals surface area contributed by atoms with Crippen molar-refractivity contribution in [3.05, 3.63) is 29.5 Å². The molecule has 0 unspecified atom stereocenters. The number of hydrazine groups is 1. The Morgan fingerprint density at radius 1 is 1.30 bits per heavy atom. The molecule has 2 amide bonds. The van der Waals surface area contributed by atoms with Gasteiger partial charge in [0.15, 0.2) is 0 Å². The highest BCUT2D eigenvalue weighted by atomic mass is 16.5. The molecule has 0 spiro atoms. The maximum absolute atomic E-state index is 12.4. The maximum Gasteiger partial charge on any atom is 0.273 e. The molecule has 2 N–H and O–H groups in total. The number of rotatable bonds is 3. The van der Waals surface area contributed by atoms with Crippen molar-refractivity contribution in [1.82, 2.24) is 10.9 Å². The first-order chi connectivity index (χ1) is 11.1. The van der Waals surface area contributed by atoms with Gasteiger partial charge >= 0.3 is 0 Å². The van der Waals surface area contributed by atoms with E-state index in [0.717, 1.165) is 6.42 Å². The molecule has 7 heteroatoms. The molecule has 0 radical (unpaired) electrons. The van der Waals surface area contributed by atoms with Gasteiger partial charge in [0.25, 0.3) is 11.8 Å². The van der Waals surface area contributed by atoms with Crippen molar-refractivity contribution in [3.8, 4) is 5.75 Å². The smallest absolute Gasteiger partial charge is 0.273 e. The molecule has 2 aromatic rings. The lowest BCUT2D eigenvalue weighted by molar-refractivity contribution is -0.130. The lowest BCUT2D eigenvalue weighted by Gasteiger charge is -2.11. The van der Waals surface area contributed by atoms with E-state index in [4.69, 9.17) is 13.9 Å². The van der Waals surface area contributed by atoms with E-state index < -0.39 is 12.0 Å². The maximum atomic E-state index is 12.4. The Bertz CT molecular complexity index is 746. The van der Waals surface area contributed by atoms with Gasteiger partial charge in [0.05, 0.1) is 12.7 Å². The van der Waals surface area contributed by atoms with E-state index in [9.17, 15) is 9.59 Å². The fourth-order valence-electron chi connectivity index (χ4n) is 2.65. The number of ether oxygens (including phenoxy) is 2. The summed E-state index contributed by atoms with van der Waals surface area (Å²) in [6, 6.07) is 5.22. The lowest BCUT2D eigenvalue weighted by Crippen LogP contribution is -2.46. The van der Waals surface area contributed by atoms with E-state index in [1.165, 1.54) is 0 Å². The number of amides is 2. The monoisotopic (exact) mass is 318 g/mol. The summed E-state index contributed by atoms with van der Waals surface area (Å²) in [6.45, 7) is 2.26. The molecule has 1 fully saturated rings. The zero-order valence-electron chi connectivity index (χ0n) is 13.0. The number of furan rings is 1. The number of fused-ring (bicyclic) bond motifs is 1. The van der Waals surface area contributed by atoms with Crippen LogP contribution in [0.25, 0.3) is 11.0 Å². The molecule has 23 heavy (non-hydrogen) atoms. The van der Waals surface area contributed by atoms with Crippen LogP contribution in [0.5, 0.6) is 5.75 Å². The lowest BCUT2D eigenvalue weighted by atomic mass is 10.1. The average Bonchev–Trinajstić information content (AvgIpc) is 3.18. The van der Waals surface area contributed by atoms with Gasteiger partial charge in [-0.3, -0.25) is 20.4 Å². The van der Waals surface area contributed by atoms with Crippen molar-refractivity contribution >= 4 is 22.8 Å². The summed E-state index contributed by atoms with van der Waals surface area (Å²) < 4.78 is 16.0. The number of benzene rings is 1. The third-order valence-corrected chi connectivity index (χ3v) is 3.82. The molecule has 1 atom stereocenters. The Morgan fingerprint density at radius 3 is 2.83 bits per heavy atom. The minimum atomic E-state index is -0.502. The first-order valence-electron chi connectivity index (χ1n) is 7.39. The van der Waals surface area contributed by atoms with E-state index in [2.05, 4.69) is 10.9 Å². The molecule has 0 saturated carbocycles. The normalized spacial score (nSPS) is 17.2. The fourth-order valence-corrected chi connectivity index (χ4v) is 2.65. The molecule has 3 rings (SSSR count). The predicted molar refractivity (Wildman–Crippen MR) is 82.1 cm³/mol. The van der Waals surface area contributed by atoms with Gasteiger partial charge in [0, 0.05) is 12.0 Å². The van der Waals surface area contributed by atoms with Crippen molar-refractivity contribution < 1.29 is 23.5 Å². The van der Waals surface area contributed by atoms with Crippen LogP contribution in [-0.2, 0) is 9.53 Å². The Morgan fingerprint density at radius 2 is 2.13 bits per heavy atom. The van der Waals surface area contributed by atoms with Crippen molar-refractivity contribution in [3.63, 3.8) is 0 Å². The summed E-state index contributed by atoms with van der Waals surface area (Å²) in [7, 11) is 1.55. The van der Waals surface area contributed by atoms with Gasteiger partial charge in [-0.1, -0.05) is 0 Å². The summed E-state index contributed by atoms with van der Waals surface area (Å²) in [4.78, 5) is 24.3. The third kappa shape index (κ3) is 3.00. The second kappa shape index (κ2) is 6.29. The van der Waals surface area contributed by atoms with Gasteiger partial charge < -0.3 is 13.9 Å². The first-order valence-corrected chi connectivity index (χ1v) is 7.39. The number of nitrogens with one attached hydrogen (secondary N) is 2. The van der Waals surface area contributed by atoms with Crippen molar-refractivity contribution in [2.24, 2.45) is 0 Å². The van der Waals surface area contributed by atoms with Crippen molar-refractivity contribution in [2.45, 2.75) is 25.9 Å². The Labute approximate surface area is 132 Å². The second-order valence-corrected chi connectivity index (χ2v) is 5.34. The van der Waals surface area contributed by atoms with Crippen LogP contribution in [0, 0.1) is 6.92 Å². The first kappa shape index (κ1) is 15.4. The zero-order valence-corrected chi connectivity index (χ0v) is 13.0. The average molecular weight is 318 g/mol. The molecule has 1 aromatic heterocycles. The van der Waals surface area contributed by atoms with Crippen LogP contribution in [0.4, 0.5) is 0 Å². The number of aryl methyl sites for hydroxylation is 1. The van der Waals surface area contributed by atoms with Crippen LogP contribution in [0.3, 0.4) is 0 Å². The van der Waals surface area contributed by atoms with Crippen LogP contribution in [0.1, 0.15) is 29.0 Å². The molecular weight excluding hydrogens is 300 g/mol. The zero-order chi connectivity index (χ0) is 16.4. The van der Waals surface area contributed by atoms with Crippen molar-refractivity contribution in [2.75, 3.05) is 13.7 Å². The molecule has 1 aromatic carbocycles. The molecule has 2 heterocycles. The minimum absolute atomic E-state index is 0.348. The van der Waals surface area contributed by atoms with Crippen LogP contribution >= 0.6 is 0 Å². The largest absolute Gasteiger partial charge is 0.497 e. The van der Waals surface area contributed by atoms with Gasteiger partial charge in [-0.2, -0.15) is 0 Å². The second-order valence-electron chi connectivity index (χ2n) is 5.34. The summed E-state index contributed by atoms with van der Waals surface area (Å²) in [5.41, 5.74) is 5.76. The molecule has 1 aliphatic rings. The molecule has 0 aliphatic carbocycles. The van der Waals surface area contributed by atoms with Gasteiger partial charge in [-0.05, 0) is 38.0 Å². The number of carbonyl (C=O) groups excluding carboxylic acids is 2. The van der Waals surface area contributed by atoms with Gasteiger partial charge in [0.2, 0.25) is 0 Å². The van der Waals surface area contributed by atoms with E-state index in [0.29, 0.717) is 41.1 Å². The number of hydrogen-bond acceptors (Lipinski definition) is 5. The number of methoxy groups -OCH3 is 1. The molecule has 1 saturated heterocycles. The van der Waals surface area contributed by atoms with Crippen LogP contribution in [-0.4, -0.2) is 31.6 Å². The summed E-state index contributed by atoms with van der Waals surface area (Å²) in [5, 5.41) is 0.630. The summed E-state index contributed by atoms with van der Waals surface area (Å²) in [6.07, 6.45) is 1.00. The summed E-state index contributed by atoms with van der Waals surface area (Å²) in [5.74, 6) is 0.299.